The van der Waals surface area contributed by atoms with Gasteiger partial charge in [-0.3, -0.25) is 4.79 Å². The van der Waals surface area contributed by atoms with Crippen molar-refractivity contribution in [2.75, 3.05) is 5.32 Å². The van der Waals surface area contributed by atoms with E-state index in [2.05, 4.69) is 5.32 Å². The van der Waals surface area contributed by atoms with Gasteiger partial charge in [0.1, 0.15) is 6.17 Å². The zero-order chi connectivity index (χ0) is 18.1. The molecule has 0 bridgehead atoms. The van der Waals surface area contributed by atoms with Crippen LogP contribution < -0.4 is 5.32 Å². The Labute approximate surface area is 162 Å². The average molecular weight is 383 g/mol. The van der Waals surface area contributed by atoms with Crippen LogP contribution in [0.5, 0.6) is 0 Å². The van der Waals surface area contributed by atoms with Crippen LogP contribution >= 0.6 is 23.2 Å². The predicted octanol–water partition coefficient (Wildman–Crippen LogP) is 5.76. The Balaban J connectivity index is 1.71. The summed E-state index contributed by atoms with van der Waals surface area (Å²) in [6.45, 7) is 0.511. The summed E-state index contributed by atoms with van der Waals surface area (Å²) >= 11 is 12.3. The molecule has 0 aliphatic carbocycles. The maximum absolute atomic E-state index is 13.0. The third-order valence-corrected chi connectivity index (χ3v) is 5.03. The molecule has 26 heavy (non-hydrogen) atoms. The highest BCUT2D eigenvalue weighted by molar-refractivity contribution is 6.36. The molecule has 1 unspecified atom stereocenters. The van der Waals surface area contributed by atoms with E-state index >= 15 is 0 Å². The van der Waals surface area contributed by atoms with Gasteiger partial charge >= 0.3 is 0 Å². The maximum atomic E-state index is 13.0. The van der Waals surface area contributed by atoms with Crippen LogP contribution in [0.1, 0.15) is 27.7 Å². The van der Waals surface area contributed by atoms with E-state index in [1.807, 2.05) is 65.6 Å². The molecule has 1 atom stereocenters. The number of hydrogen-bond acceptors (Lipinski definition) is 2. The molecule has 0 radical (unpaired) electrons. The van der Waals surface area contributed by atoms with Crippen molar-refractivity contribution in [3.8, 4) is 0 Å². The zero-order valence-corrected chi connectivity index (χ0v) is 15.3. The van der Waals surface area contributed by atoms with Crippen LogP contribution in [0.15, 0.2) is 72.8 Å². The lowest BCUT2D eigenvalue weighted by molar-refractivity contribution is 0.0729. The zero-order valence-electron chi connectivity index (χ0n) is 13.8. The molecule has 1 aliphatic rings. The molecule has 0 saturated heterocycles. The molecule has 3 aromatic carbocycles. The molecule has 130 valence electrons. The minimum atomic E-state index is -0.294. The molecule has 0 aromatic heterocycles. The van der Waals surface area contributed by atoms with Crippen molar-refractivity contribution in [2.45, 2.75) is 12.7 Å². The van der Waals surface area contributed by atoms with Crippen LogP contribution in [0.25, 0.3) is 0 Å². The molecule has 3 aromatic rings. The van der Waals surface area contributed by atoms with E-state index in [0.717, 1.165) is 16.8 Å². The summed E-state index contributed by atoms with van der Waals surface area (Å²) in [7, 11) is 0. The molecule has 0 fully saturated rings. The largest absolute Gasteiger partial charge is 0.360 e. The third kappa shape index (κ3) is 3.16. The number of rotatable bonds is 4. The normalized spacial score (nSPS) is 15.8. The molecule has 3 nitrogen and oxygen atoms in total. The highest BCUT2D eigenvalue weighted by Gasteiger charge is 2.36. The smallest absolute Gasteiger partial charge is 0.256 e. The van der Waals surface area contributed by atoms with Crippen molar-refractivity contribution in [3.63, 3.8) is 0 Å². The number of hydrogen-bond donors (Lipinski definition) is 1. The number of nitrogens with zero attached hydrogens (tertiary/aromatic N) is 1. The molecule has 1 amide bonds. The molecular weight excluding hydrogens is 367 g/mol. The summed E-state index contributed by atoms with van der Waals surface area (Å²) in [5.41, 5.74) is 3.47. The number of benzene rings is 3. The van der Waals surface area contributed by atoms with Crippen molar-refractivity contribution >= 4 is 34.8 Å². The Hall–Kier alpha value is -2.49. The monoisotopic (exact) mass is 382 g/mol. The van der Waals surface area contributed by atoms with Gasteiger partial charge in [-0.1, -0.05) is 71.7 Å². The van der Waals surface area contributed by atoms with Crippen molar-refractivity contribution in [2.24, 2.45) is 0 Å². The van der Waals surface area contributed by atoms with Gasteiger partial charge in [-0.25, -0.2) is 0 Å². The quantitative estimate of drug-likeness (QED) is 0.621. The topological polar surface area (TPSA) is 32.3 Å². The lowest BCUT2D eigenvalue weighted by atomic mass is 10.1. The standard InChI is InChI=1S/C21H16Cl2N2O/c22-15-10-11-19(18(23)12-15)24-20-16-8-4-5-9-17(16)21(26)25(20)13-14-6-2-1-3-7-14/h1-12,20,24H,13H2. The molecular formula is C21H16Cl2N2O. The van der Waals surface area contributed by atoms with E-state index in [-0.39, 0.29) is 12.1 Å². The van der Waals surface area contributed by atoms with Crippen LogP contribution in [0.3, 0.4) is 0 Å². The van der Waals surface area contributed by atoms with Crippen LogP contribution in [0.4, 0.5) is 5.69 Å². The first-order chi connectivity index (χ1) is 12.6. The van der Waals surface area contributed by atoms with Gasteiger partial charge < -0.3 is 10.2 Å². The van der Waals surface area contributed by atoms with Gasteiger partial charge in [0.05, 0.1) is 10.7 Å². The number of halogens is 2. The van der Waals surface area contributed by atoms with Gasteiger partial charge in [0.15, 0.2) is 0 Å². The summed E-state index contributed by atoms with van der Waals surface area (Å²) in [5.74, 6) is 0.00652. The summed E-state index contributed by atoms with van der Waals surface area (Å²) in [5, 5.41) is 4.50. The Bertz CT molecular complexity index is 959. The second-order valence-corrected chi connectivity index (χ2v) is 7.02. The summed E-state index contributed by atoms with van der Waals surface area (Å²) in [6.07, 6.45) is -0.294. The van der Waals surface area contributed by atoms with Crippen molar-refractivity contribution in [3.05, 3.63) is 99.5 Å². The van der Waals surface area contributed by atoms with Crippen molar-refractivity contribution < 1.29 is 4.79 Å². The second kappa shape index (κ2) is 7.02. The molecule has 1 heterocycles. The highest BCUT2D eigenvalue weighted by Crippen LogP contribution is 2.37. The number of anilines is 1. The SMILES string of the molecule is O=C1c2ccccc2C(Nc2ccc(Cl)cc2Cl)N1Cc1ccccc1. The summed E-state index contributed by atoms with van der Waals surface area (Å²) < 4.78 is 0. The van der Waals surface area contributed by atoms with E-state index in [9.17, 15) is 4.79 Å². The fourth-order valence-corrected chi connectivity index (χ4v) is 3.69. The van der Waals surface area contributed by atoms with Gasteiger partial charge in [-0.2, -0.15) is 0 Å². The van der Waals surface area contributed by atoms with E-state index in [1.165, 1.54) is 0 Å². The first-order valence-electron chi connectivity index (χ1n) is 8.29. The number of nitrogens with one attached hydrogen (secondary N) is 1. The van der Waals surface area contributed by atoms with E-state index in [0.29, 0.717) is 22.2 Å². The van der Waals surface area contributed by atoms with Gasteiger partial charge in [-0.05, 0) is 29.8 Å². The lowest BCUT2D eigenvalue weighted by Gasteiger charge is -2.27. The van der Waals surface area contributed by atoms with Gasteiger partial charge in [0, 0.05) is 22.7 Å². The molecule has 4 rings (SSSR count). The number of amides is 1. The Kier molecular flexibility index (Phi) is 4.58. The number of fused-ring (bicyclic) bond motifs is 1. The van der Waals surface area contributed by atoms with Crippen molar-refractivity contribution in [1.82, 2.24) is 4.90 Å². The Morgan fingerprint density at radius 3 is 2.42 bits per heavy atom. The van der Waals surface area contributed by atoms with E-state index in [4.69, 9.17) is 23.2 Å². The van der Waals surface area contributed by atoms with Crippen LogP contribution in [-0.4, -0.2) is 10.8 Å². The van der Waals surface area contributed by atoms with Gasteiger partial charge in [0.2, 0.25) is 0 Å². The van der Waals surface area contributed by atoms with Gasteiger partial charge in [-0.15, -0.1) is 0 Å². The van der Waals surface area contributed by atoms with Crippen LogP contribution in [-0.2, 0) is 6.54 Å². The van der Waals surface area contributed by atoms with Gasteiger partial charge in [0.25, 0.3) is 5.91 Å². The number of carbonyl (C=O) groups excluding carboxylic acids is 1. The van der Waals surface area contributed by atoms with Crippen LogP contribution in [0, 0.1) is 0 Å². The molecule has 5 heteroatoms. The molecule has 1 aliphatic heterocycles. The minimum absolute atomic E-state index is 0.00652. The Morgan fingerprint density at radius 1 is 0.923 bits per heavy atom. The third-order valence-electron chi connectivity index (χ3n) is 4.48. The lowest BCUT2D eigenvalue weighted by Crippen LogP contribution is -2.31. The molecule has 1 N–H and O–H groups in total. The predicted molar refractivity (Wildman–Crippen MR) is 106 cm³/mol. The summed E-state index contributed by atoms with van der Waals surface area (Å²) in [4.78, 5) is 14.8. The van der Waals surface area contributed by atoms with E-state index in [1.54, 1.807) is 12.1 Å². The fourth-order valence-electron chi connectivity index (χ4n) is 3.22. The van der Waals surface area contributed by atoms with E-state index < -0.39 is 0 Å². The Morgan fingerprint density at radius 2 is 1.65 bits per heavy atom. The number of carbonyl (C=O) groups is 1. The first-order valence-corrected chi connectivity index (χ1v) is 9.04. The average Bonchev–Trinajstić information content (AvgIpc) is 2.91. The summed E-state index contributed by atoms with van der Waals surface area (Å²) in [6, 6.07) is 22.9. The minimum Gasteiger partial charge on any atom is -0.360 e. The van der Waals surface area contributed by atoms with Crippen LogP contribution in [0.2, 0.25) is 10.0 Å². The molecule has 0 spiro atoms. The first kappa shape index (κ1) is 17.0. The molecule has 0 saturated carbocycles. The second-order valence-electron chi connectivity index (χ2n) is 6.18. The maximum Gasteiger partial charge on any atom is 0.256 e. The highest BCUT2D eigenvalue weighted by atomic mass is 35.5. The van der Waals surface area contributed by atoms with Crippen molar-refractivity contribution in [1.29, 1.82) is 0 Å². The fraction of sp³-hybridized carbons (Fsp3) is 0.0952.